The zero-order valence-electron chi connectivity index (χ0n) is 27.2. The van der Waals surface area contributed by atoms with Crippen LogP contribution in [0.4, 0.5) is 0 Å². The van der Waals surface area contributed by atoms with Crippen LogP contribution in [0.1, 0.15) is 71.1 Å². The van der Waals surface area contributed by atoms with Gasteiger partial charge in [0.15, 0.2) is 12.6 Å². The van der Waals surface area contributed by atoms with E-state index in [-0.39, 0.29) is 13.0 Å². The maximum Gasteiger partial charge on any atom is 0.305 e. The Morgan fingerprint density at radius 3 is 1.89 bits per heavy atom. The molecule has 0 aromatic carbocycles. The number of esters is 1. The van der Waals surface area contributed by atoms with Crippen molar-refractivity contribution in [2.45, 2.75) is 139 Å². The van der Waals surface area contributed by atoms with E-state index in [4.69, 9.17) is 23.7 Å². The minimum atomic E-state index is -1.73. The lowest BCUT2D eigenvalue weighted by Crippen LogP contribution is -2.61. The molecular weight excluding hydrogens is 620 g/mol. The maximum atomic E-state index is 12.1. The molecule has 14 nitrogen and oxygen atoms in total. The molecule has 0 saturated carbocycles. The average Bonchev–Trinajstić information content (AvgIpc) is 3.06. The highest BCUT2D eigenvalue weighted by atomic mass is 16.7. The Labute approximate surface area is 276 Å². The number of hydrogen-bond acceptors (Lipinski definition) is 14. The minimum Gasteiger partial charge on any atom is -0.463 e. The number of carbonyl (C=O) groups is 1. The van der Waals surface area contributed by atoms with E-state index in [1.807, 2.05) is 0 Å². The molecule has 0 aliphatic carbocycles. The quantitative estimate of drug-likeness (QED) is 0.0433. The number of carbonyl (C=O) groups excluding carboxylic acids is 1. The Hall–Kier alpha value is -1.79. The molecular formula is C33H56O14. The molecule has 0 aromatic heterocycles. The van der Waals surface area contributed by atoms with Crippen LogP contribution in [0.5, 0.6) is 0 Å². The van der Waals surface area contributed by atoms with Crippen LogP contribution in [0.15, 0.2) is 36.5 Å². The van der Waals surface area contributed by atoms with E-state index in [0.29, 0.717) is 6.42 Å². The average molecular weight is 677 g/mol. The number of unbranched alkanes of at least 4 members (excludes halogenated alkanes) is 5. The fourth-order valence-electron chi connectivity index (χ4n) is 4.99. The zero-order chi connectivity index (χ0) is 34.6. The predicted octanol–water partition coefficient (Wildman–Crippen LogP) is 0.121. The molecule has 2 fully saturated rings. The van der Waals surface area contributed by atoms with Gasteiger partial charge in [-0.15, -0.1) is 0 Å². The third-order valence-corrected chi connectivity index (χ3v) is 7.86. The monoisotopic (exact) mass is 676 g/mol. The van der Waals surface area contributed by atoms with E-state index in [9.17, 15) is 45.6 Å². The van der Waals surface area contributed by atoms with E-state index in [0.717, 1.165) is 51.4 Å². The number of allylic oxidation sites excluding steroid dienone is 6. The summed E-state index contributed by atoms with van der Waals surface area (Å²) in [5.74, 6) is -0.455. The summed E-state index contributed by atoms with van der Waals surface area (Å²) in [6.07, 6.45) is 5.21. The standard InChI is InChI=1S/C33H56O14/c1-2-3-4-5-6-7-8-9-10-11-12-13-14-15-16-17-25(36)43-19-22(35)20-44-32-31(42)29(40)27(38)24(47-32)21-45-33-30(41)28(39)26(37)23(18-34)46-33/h3-4,6-7,9-10,22-24,26-35,37-42H,2,5,8,11-21H2,1H3/b4-3-,7-6-,10-9-/t22-,23-,24-,26+,27+,28+,29+,30-,31-,32-,33+/m1/s1. The maximum absolute atomic E-state index is 12.1. The Balaban J connectivity index is 1.59. The van der Waals surface area contributed by atoms with Gasteiger partial charge in [-0.25, -0.2) is 0 Å². The highest BCUT2D eigenvalue weighted by Gasteiger charge is 2.47. The van der Waals surface area contributed by atoms with Gasteiger partial charge in [0.05, 0.1) is 19.8 Å². The van der Waals surface area contributed by atoms with E-state index < -0.39 is 93.3 Å². The summed E-state index contributed by atoms with van der Waals surface area (Å²) in [7, 11) is 0. The number of aliphatic hydroxyl groups excluding tert-OH is 8. The van der Waals surface area contributed by atoms with Gasteiger partial charge < -0.3 is 64.5 Å². The van der Waals surface area contributed by atoms with Gasteiger partial charge in [0.2, 0.25) is 0 Å². The summed E-state index contributed by atoms with van der Waals surface area (Å²) in [6, 6.07) is 0. The van der Waals surface area contributed by atoms with Crippen molar-refractivity contribution in [3.63, 3.8) is 0 Å². The molecule has 11 atom stereocenters. The SMILES string of the molecule is CC/C=C\C/C=C\C/C=C\CCCCCCCC(=O)OC[C@@H](O)CO[C@@H]1O[C@H](CO[C@H]2O[C@H](CO)[C@H](O)[C@H](O)[C@H]2O)[C@H](O)[C@H](O)[C@H]1O. The van der Waals surface area contributed by atoms with Gasteiger partial charge in [-0.2, -0.15) is 0 Å². The third kappa shape index (κ3) is 15.1. The topological polar surface area (TPSA) is 225 Å². The summed E-state index contributed by atoms with van der Waals surface area (Å²) in [5, 5.41) is 80.3. The van der Waals surface area contributed by atoms with Crippen molar-refractivity contribution in [3.8, 4) is 0 Å². The number of hydrogen-bond donors (Lipinski definition) is 8. The molecule has 2 aliphatic rings. The molecule has 0 spiro atoms. The number of aliphatic hydroxyl groups is 8. The summed E-state index contributed by atoms with van der Waals surface area (Å²) in [6.45, 7) is 0.155. The first-order valence-corrected chi connectivity index (χ1v) is 16.6. The second-order valence-electron chi connectivity index (χ2n) is 11.8. The first kappa shape index (κ1) is 41.4. The zero-order valence-corrected chi connectivity index (χ0v) is 27.2. The van der Waals surface area contributed by atoms with Crippen LogP contribution in [0, 0.1) is 0 Å². The summed E-state index contributed by atoms with van der Waals surface area (Å²) >= 11 is 0. The van der Waals surface area contributed by atoms with Crippen molar-refractivity contribution < 1.29 is 69.3 Å². The lowest BCUT2D eigenvalue weighted by molar-refractivity contribution is -0.332. The van der Waals surface area contributed by atoms with Gasteiger partial charge in [0.25, 0.3) is 0 Å². The molecule has 0 bridgehead atoms. The van der Waals surface area contributed by atoms with Crippen LogP contribution in [0.2, 0.25) is 0 Å². The van der Waals surface area contributed by atoms with Crippen LogP contribution in [-0.2, 0) is 28.5 Å². The molecule has 2 rings (SSSR count). The molecule has 0 aromatic rings. The van der Waals surface area contributed by atoms with Gasteiger partial charge in [-0.3, -0.25) is 4.79 Å². The van der Waals surface area contributed by atoms with Gasteiger partial charge in [0.1, 0.15) is 61.5 Å². The number of ether oxygens (including phenoxy) is 5. The molecule has 2 aliphatic heterocycles. The van der Waals surface area contributed by atoms with E-state index >= 15 is 0 Å². The lowest BCUT2D eigenvalue weighted by atomic mass is 9.98. The van der Waals surface area contributed by atoms with E-state index in [2.05, 4.69) is 43.4 Å². The molecule has 8 N–H and O–H groups in total. The molecule has 0 amide bonds. The Kier molecular flexibility index (Phi) is 20.7. The summed E-state index contributed by atoms with van der Waals surface area (Å²) in [4.78, 5) is 12.1. The van der Waals surface area contributed by atoms with Crippen LogP contribution in [0.3, 0.4) is 0 Å². The van der Waals surface area contributed by atoms with Crippen molar-refractivity contribution in [3.05, 3.63) is 36.5 Å². The molecule has 2 heterocycles. The first-order valence-electron chi connectivity index (χ1n) is 16.6. The first-order chi connectivity index (χ1) is 22.6. The molecule has 0 radical (unpaired) electrons. The molecule has 14 heteroatoms. The van der Waals surface area contributed by atoms with Gasteiger partial charge in [0, 0.05) is 6.42 Å². The summed E-state index contributed by atoms with van der Waals surface area (Å²) < 4.78 is 26.6. The van der Waals surface area contributed by atoms with Gasteiger partial charge >= 0.3 is 5.97 Å². The molecule has 0 unspecified atom stereocenters. The molecule has 272 valence electrons. The second-order valence-corrected chi connectivity index (χ2v) is 11.8. The molecule has 2 saturated heterocycles. The Morgan fingerprint density at radius 2 is 1.23 bits per heavy atom. The van der Waals surface area contributed by atoms with Gasteiger partial charge in [-0.1, -0.05) is 62.6 Å². The predicted molar refractivity (Wildman–Crippen MR) is 169 cm³/mol. The van der Waals surface area contributed by atoms with Crippen molar-refractivity contribution in [2.75, 3.05) is 26.4 Å². The van der Waals surface area contributed by atoms with Crippen molar-refractivity contribution in [2.24, 2.45) is 0 Å². The van der Waals surface area contributed by atoms with Crippen molar-refractivity contribution in [1.29, 1.82) is 0 Å². The number of rotatable bonds is 22. The van der Waals surface area contributed by atoms with Crippen LogP contribution in [0.25, 0.3) is 0 Å². The molecule has 47 heavy (non-hydrogen) atoms. The fourth-order valence-corrected chi connectivity index (χ4v) is 4.99. The van der Waals surface area contributed by atoms with Crippen molar-refractivity contribution >= 4 is 5.97 Å². The van der Waals surface area contributed by atoms with E-state index in [1.54, 1.807) is 0 Å². The Bertz CT molecular complexity index is 927. The van der Waals surface area contributed by atoms with E-state index in [1.165, 1.54) is 0 Å². The van der Waals surface area contributed by atoms with Crippen LogP contribution >= 0.6 is 0 Å². The highest BCUT2D eigenvalue weighted by molar-refractivity contribution is 5.69. The second kappa shape index (κ2) is 23.5. The fraction of sp³-hybridized carbons (Fsp3) is 0.788. The largest absolute Gasteiger partial charge is 0.463 e. The Morgan fingerprint density at radius 1 is 0.681 bits per heavy atom. The van der Waals surface area contributed by atoms with Crippen molar-refractivity contribution in [1.82, 2.24) is 0 Å². The lowest BCUT2D eigenvalue weighted by Gasteiger charge is -2.42. The minimum absolute atomic E-state index is 0.220. The van der Waals surface area contributed by atoms with Crippen LogP contribution in [-0.4, -0.2) is 141 Å². The van der Waals surface area contributed by atoms with Crippen LogP contribution < -0.4 is 0 Å². The smallest absolute Gasteiger partial charge is 0.305 e. The third-order valence-electron chi connectivity index (χ3n) is 7.86. The normalized spacial score (nSPS) is 32.4. The van der Waals surface area contributed by atoms with Gasteiger partial charge in [-0.05, 0) is 38.5 Å². The summed E-state index contributed by atoms with van der Waals surface area (Å²) in [5.41, 5.74) is 0. The highest BCUT2D eigenvalue weighted by Crippen LogP contribution is 2.26.